The molecule has 0 radical (unpaired) electrons. The van der Waals surface area contributed by atoms with Gasteiger partial charge in [0.2, 0.25) is 17.7 Å². The van der Waals surface area contributed by atoms with Crippen LogP contribution in [0.5, 0.6) is 0 Å². The molecular weight excluding hydrogens is 505 g/mol. The fraction of sp³-hybridized carbons (Fsp3) is 0.227. The standard InChI is InChI=1S/C22H15F3N4O4S2/c23-22(24,25)11-4-1-5-12(7-11)27-13(30)9-29-20-17(35-21(29)33)14(10-3-2-6-26-8-10)15-16(34-20)19(32)28-18(15)31/h1-8,14-16H,9H2,(H,27,30)(H,28,31,32)/t14-,15+,16-/m0/s1. The van der Waals surface area contributed by atoms with E-state index in [4.69, 9.17) is 0 Å². The van der Waals surface area contributed by atoms with Gasteiger partial charge in [-0.1, -0.05) is 35.2 Å². The average Bonchev–Trinajstić information content (AvgIpc) is 3.27. The van der Waals surface area contributed by atoms with E-state index < -0.39 is 58.0 Å². The lowest BCUT2D eigenvalue weighted by Crippen LogP contribution is -2.32. The molecule has 0 aliphatic carbocycles. The molecule has 2 N–H and O–H groups in total. The maximum atomic E-state index is 13.0. The van der Waals surface area contributed by atoms with E-state index in [1.807, 2.05) is 0 Å². The number of nitrogens with one attached hydrogen (secondary N) is 2. The summed E-state index contributed by atoms with van der Waals surface area (Å²) in [6, 6.07) is 7.60. The third-order valence-electron chi connectivity index (χ3n) is 5.71. The maximum Gasteiger partial charge on any atom is 0.416 e. The van der Waals surface area contributed by atoms with E-state index in [2.05, 4.69) is 15.6 Å². The van der Waals surface area contributed by atoms with Crippen LogP contribution in [0.2, 0.25) is 0 Å². The minimum absolute atomic E-state index is 0.0660. The van der Waals surface area contributed by atoms with Gasteiger partial charge in [-0.15, -0.1) is 0 Å². The van der Waals surface area contributed by atoms with E-state index in [-0.39, 0.29) is 5.69 Å². The number of pyridine rings is 1. The van der Waals surface area contributed by atoms with Crippen LogP contribution in [0.4, 0.5) is 18.9 Å². The van der Waals surface area contributed by atoms with Crippen LogP contribution in [-0.2, 0) is 27.1 Å². The summed E-state index contributed by atoms with van der Waals surface area (Å²) < 4.78 is 40.1. The number of thioether (sulfide) groups is 1. The normalized spacial score (nSPS) is 21.3. The van der Waals surface area contributed by atoms with Crippen molar-refractivity contribution in [2.75, 3.05) is 5.32 Å². The van der Waals surface area contributed by atoms with Crippen molar-refractivity contribution in [3.05, 3.63) is 74.5 Å². The number of hydrogen-bond acceptors (Lipinski definition) is 7. The van der Waals surface area contributed by atoms with Crippen molar-refractivity contribution in [3.8, 4) is 0 Å². The van der Waals surface area contributed by atoms with Crippen LogP contribution in [0.15, 0.2) is 58.6 Å². The zero-order valence-corrected chi connectivity index (χ0v) is 19.2. The molecule has 0 spiro atoms. The second-order valence-electron chi connectivity index (χ2n) is 7.93. The number of hydrogen-bond donors (Lipinski definition) is 2. The zero-order chi connectivity index (χ0) is 24.9. The van der Waals surface area contributed by atoms with Crippen molar-refractivity contribution in [2.45, 2.75) is 28.9 Å². The second-order valence-corrected chi connectivity index (χ2v) is 10.1. The van der Waals surface area contributed by atoms with Crippen molar-refractivity contribution in [1.29, 1.82) is 0 Å². The Morgan fingerprint density at radius 1 is 1.14 bits per heavy atom. The molecule has 5 rings (SSSR count). The number of nitrogens with zero attached hydrogens (tertiary/aromatic N) is 2. The first-order chi connectivity index (χ1) is 16.6. The smallest absolute Gasteiger partial charge is 0.325 e. The Hall–Kier alpha value is -3.45. The Morgan fingerprint density at radius 2 is 1.94 bits per heavy atom. The number of carbonyl (C=O) groups excluding carboxylic acids is 3. The topological polar surface area (TPSA) is 110 Å². The third kappa shape index (κ3) is 4.25. The van der Waals surface area contributed by atoms with Crippen molar-refractivity contribution in [2.24, 2.45) is 5.92 Å². The quantitative estimate of drug-likeness (QED) is 0.512. The molecule has 0 saturated carbocycles. The van der Waals surface area contributed by atoms with E-state index in [0.29, 0.717) is 15.5 Å². The van der Waals surface area contributed by atoms with Crippen molar-refractivity contribution in [1.82, 2.24) is 14.9 Å². The summed E-state index contributed by atoms with van der Waals surface area (Å²) in [5.74, 6) is -2.99. The average molecular weight is 521 g/mol. The second kappa shape index (κ2) is 8.64. The van der Waals surface area contributed by atoms with Gasteiger partial charge in [0.05, 0.1) is 16.5 Å². The Labute approximate surface area is 203 Å². The first-order valence-corrected chi connectivity index (χ1v) is 11.9. The van der Waals surface area contributed by atoms with E-state index >= 15 is 0 Å². The summed E-state index contributed by atoms with van der Waals surface area (Å²) in [6.07, 6.45) is -1.45. The number of alkyl halides is 3. The first-order valence-electron chi connectivity index (χ1n) is 10.3. The molecule has 8 nitrogen and oxygen atoms in total. The molecule has 3 atom stereocenters. The van der Waals surface area contributed by atoms with E-state index in [1.165, 1.54) is 16.7 Å². The van der Waals surface area contributed by atoms with Crippen LogP contribution in [0, 0.1) is 5.92 Å². The maximum absolute atomic E-state index is 13.0. The Morgan fingerprint density at radius 3 is 2.66 bits per heavy atom. The molecule has 2 aliphatic heterocycles. The van der Waals surface area contributed by atoms with Gasteiger partial charge in [0.1, 0.15) is 11.8 Å². The minimum atomic E-state index is -4.57. The number of anilines is 1. The molecule has 180 valence electrons. The van der Waals surface area contributed by atoms with Gasteiger partial charge in [-0.3, -0.25) is 34.0 Å². The minimum Gasteiger partial charge on any atom is -0.325 e. The first kappa shape index (κ1) is 23.3. The number of benzene rings is 1. The summed E-state index contributed by atoms with van der Waals surface area (Å²) in [5.41, 5.74) is -0.336. The summed E-state index contributed by atoms with van der Waals surface area (Å²) >= 11 is 1.90. The third-order valence-corrected chi connectivity index (χ3v) is 8.32. The molecule has 1 saturated heterocycles. The monoisotopic (exact) mass is 520 g/mol. The van der Waals surface area contributed by atoms with E-state index in [0.717, 1.165) is 35.2 Å². The Balaban J connectivity index is 1.48. The number of aromatic nitrogens is 2. The molecule has 1 aromatic carbocycles. The van der Waals surface area contributed by atoms with Crippen molar-refractivity contribution < 1.29 is 27.6 Å². The number of halogens is 3. The number of imide groups is 1. The Bertz CT molecular complexity index is 1400. The zero-order valence-electron chi connectivity index (χ0n) is 17.5. The van der Waals surface area contributed by atoms with Crippen LogP contribution in [0.3, 0.4) is 0 Å². The predicted octanol–water partition coefficient (Wildman–Crippen LogP) is 2.84. The molecule has 0 unspecified atom stereocenters. The van der Waals surface area contributed by atoms with Gasteiger partial charge in [-0.25, -0.2) is 0 Å². The summed E-state index contributed by atoms with van der Waals surface area (Å²) in [4.78, 5) is 54.8. The lowest BCUT2D eigenvalue weighted by atomic mass is 9.84. The molecule has 2 aromatic heterocycles. The molecule has 0 bridgehead atoms. The van der Waals surface area contributed by atoms with Crippen LogP contribution in [0.1, 0.15) is 21.9 Å². The molecule has 3 aromatic rings. The molecule has 3 amide bonds. The number of rotatable bonds is 4. The van der Waals surface area contributed by atoms with Crippen LogP contribution >= 0.6 is 23.1 Å². The fourth-order valence-corrected chi connectivity index (χ4v) is 6.95. The highest BCUT2D eigenvalue weighted by atomic mass is 32.2. The molecule has 13 heteroatoms. The molecule has 35 heavy (non-hydrogen) atoms. The van der Waals surface area contributed by atoms with Crippen molar-refractivity contribution >= 4 is 46.5 Å². The van der Waals surface area contributed by atoms with Gasteiger partial charge >= 0.3 is 11.0 Å². The van der Waals surface area contributed by atoms with Crippen LogP contribution in [-0.4, -0.2) is 32.5 Å². The fourth-order valence-electron chi connectivity index (χ4n) is 4.21. The molecule has 2 aliphatic rings. The van der Waals surface area contributed by atoms with Crippen molar-refractivity contribution in [3.63, 3.8) is 0 Å². The number of fused-ring (bicyclic) bond motifs is 2. The number of thiazole rings is 1. The van der Waals surface area contributed by atoms with Gasteiger partial charge in [0, 0.05) is 28.9 Å². The lowest BCUT2D eigenvalue weighted by Gasteiger charge is -2.30. The molecule has 4 heterocycles. The highest BCUT2D eigenvalue weighted by molar-refractivity contribution is 8.00. The predicted molar refractivity (Wildman–Crippen MR) is 121 cm³/mol. The summed E-state index contributed by atoms with van der Waals surface area (Å²) in [6.45, 7) is -0.472. The Kier molecular flexibility index (Phi) is 5.75. The highest BCUT2D eigenvalue weighted by Crippen LogP contribution is 2.51. The summed E-state index contributed by atoms with van der Waals surface area (Å²) in [5, 5.41) is 4.30. The summed E-state index contributed by atoms with van der Waals surface area (Å²) in [7, 11) is 0. The highest BCUT2D eigenvalue weighted by Gasteiger charge is 2.52. The SMILES string of the molecule is O=C(Cn1c2c(sc1=O)[C@@H](c1cccnc1)[C@H]1C(=O)NC(=O)[C@H]1S2)Nc1cccc(C(F)(F)F)c1. The van der Waals surface area contributed by atoms with Gasteiger partial charge in [0.25, 0.3) is 0 Å². The largest absolute Gasteiger partial charge is 0.416 e. The molecular formula is C22H15F3N4O4S2. The number of amides is 3. The number of carbonyl (C=O) groups is 3. The molecule has 1 fully saturated rings. The van der Waals surface area contributed by atoms with E-state index in [9.17, 15) is 32.3 Å². The van der Waals surface area contributed by atoms with Gasteiger partial charge in [0.15, 0.2) is 0 Å². The van der Waals surface area contributed by atoms with Crippen LogP contribution in [0.25, 0.3) is 0 Å². The van der Waals surface area contributed by atoms with E-state index in [1.54, 1.807) is 24.5 Å². The van der Waals surface area contributed by atoms with Gasteiger partial charge < -0.3 is 5.32 Å². The van der Waals surface area contributed by atoms with Gasteiger partial charge in [-0.05, 0) is 29.8 Å². The lowest BCUT2D eigenvalue weighted by molar-refractivity contribution is -0.137. The van der Waals surface area contributed by atoms with Crippen LogP contribution < -0.4 is 15.5 Å². The van der Waals surface area contributed by atoms with Gasteiger partial charge in [-0.2, -0.15) is 13.2 Å².